The van der Waals surface area contributed by atoms with Gasteiger partial charge >= 0.3 is 0 Å². The van der Waals surface area contributed by atoms with Gasteiger partial charge in [0.05, 0.1) is 16.5 Å². The molecule has 1 aliphatic carbocycles. The molecule has 1 aromatic carbocycles. The summed E-state index contributed by atoms with van der Waals surface area (Å²) in [6.07, 6.45) is 4.57. The Morgan fingerprint density at radius 1 is 1.22 bits per heavy atom. The van der Waals surface area contributed by atoms with Crippen LogP contribution in [-0.4, -0.2) is 28.3 Å². The number of nitrogens with zero attached hydrogens (tertiary/aromatic N) is 2. The number of benzene rings is 1. The number of anilines is 1. The molecule has 0 bridgehead atoms. The molecular formula is C21H18N4O2. The van der Waals surface area contributed by atoms with Gasteiger partial charge in [-0.15, -0.1) is 0 Å². The fourth-order valence-electron chi connectivity index (χ4n) is 4.29. The van der Waals surface area contributed by atoms with Crippen LogP contribution >= 0.6 is 0 Å². The van der Waals surface area contributed by atoms with Crippen molar-refractivity contribution in [2.45, 2.75) is 25.2 Å². The van der Waals surface area contributed by atoms with Gasteiger partial charge in [0.15, 0.2) is 0 Å². The number of fused-ring (bicyclic) bond motifs is 4. The lowest BCUT2D eigenvalue weighted by atomic mass is 9.79. The average molecular weight is 358 g/mol. The summed E-state index contributed by atoms with van der Waals surface area (Å²) in [6.45, 7) is 2.46. The van der Waals surface area contributed by atoms with E-state index in [4.69, 9.17) is 0 Å². The van der Waals surface area contributed by atoms with E-state index in [1.165, 1.54) is 0 Å². The lowest BCUT2D eigenvalue weighted by Gasteiger charge is -2.20. The molecule has 6 heteroatoms. The van der Waals surface area contributed by atoms with E-state index in [-0.39, 0.29) is 11.8 Å². The summed E-state index contributed by atoms with van der Waals surface area (Å²) in [5.41, 5.74) is 4.02. The lowest BCUT2D eigenvalue weighted by molar-refractivity contribution is -0.120. The van der Waals surface area contributed by atoms with E-state index in [1.54, 1.807) is 12.4 Å². The molecule has 1 atom stereocenters. The largest absolute Gasteiger partial charge is 0.352 e. The molecule has 134 valence electrons. The van der Waals surface area contributed by atoms with E-state index in [1.807, 2.05) is 31.2 Å². The molecule has 27 heavy (non-hydrogen) atoms. The number of nitrogens with one attached hydrogen (secondary N) is 2. The van der Waals surface area contributed by atoms with Crippen molar-refractivity contribution in [3.63, 3.8) is 0 Å². The van der Waals surface area contributed by atoms with Crippen LogP contribution in [0.2, 0.25) is 0 Å². The van der Waals surface area contributed by atoms with Gasteiger partial charge in [0, 0.05) is 29.9 Å². The smallest absolute Gasteiger partial charge is 0.252 e. The summed E-state index contributed by atoms with van der Waals surface area (Å²) in [7, 11) is 0. The summed E-state index contributed by atoms with van der Waals surface area (Å²) in [5, 5.41) is 6.64. The highest BCUT2D eigenvalue weighted by Crippen LogP contribution is 2.47. The predicted octanol–water partition coefficient (Wildman–Crippen LogP) is 2.37. The van der Waals surface area contributed by atoms with Crippen LogP contribution in [0.1, 0.15) is 34.0 Å². The first kappa shape index (κ1) is 15.9. The number of pyridine rings is 2. The number of hydrogen-bond donors (Lipinski definition) is 2. The van der Waals surface area contributed by atoms with E-state index in [9.17, 15) is 9.59 Å². The molecule has 1 aliphatic heterocycles. The summed E-state index contributed by atoms with van der Waals surface area (Å²) < 4.78 is 0. The molecule has 3 aromatic rings. The number of amides is 2. The minimum Gasteiger partial charge on any atom is -0.352 e. The van der Waals surface area contributed by atoms with Gasteiger partial charge < -0.3 is 10.6 Å². The highest BCUT2D eigenvalue weighted by atomic mass is 16.2. The first-order chi connectivity index (χ1) is 13.1. The Morgan fingerprint density at radius 2 is 2.04 bits per heavy atom. The maximum atomic E-state index is 12.8. The number of aromatic nitrogens is 2. The quantitative estimate of drug-likeness (QED) is 0.737. The number of hydrogen-bond acceptors (Lipinski definition) is 4. The lowest BCUT2D eigenvalue weighted by Crippen LogP contribution is -2.35. The van der Waals surface area contributed by atoms with Crippen LogP contribution in [0, 0.1) is 0 Å². The topological polar surface area (TPSA) is 84.0 Å². The Hall–Kier alpha value is -3.28. The van der Waals surface area contributed by atoms with Gasteiger partial charge in [0.1, 0.15) is 5.82 Å². The van der Waals surface area contributed by atoms with Gasteiger partial charge in [-0.25, -0.2) is 4.98 Å². The minimum atomic E-state index is -0.592. The zero-order valence-corrected chi connectivity index (χ0v) is 14.9. The molecule has 0 saturated heterocycles. The molecule has 1 spiro atoms. The van der Waals surface area contributed by atoms with Crippen LogP contribution in [0.15, 0.2) is 42.7 Å². The van der Waals surface area contributed by atoms with Gasteiger partial charge in [-0.1, -0.05) is 6.07 Å². The van der Waals surface area contributed by atoms with Crippen molar-refractivity contribution < 1.29 is 9.59 Å². The molecule has 2 amide bonds. The molecule has 3 heterocycles. The second kappa shape index (κ2) is 5.61. The molecule has 6 nitrogen and oxygen atoms in total. The monoisotopic (exact) mass is 358 g/mol. The maximum Gasteiger partial charge on any atom is 0.252 e. The van der Waals surface area contributed by atoms with Crippen molar-refractivity contribution >= 4 is 28.5 Å². The molecule has 2 aliphatic rings. The van der Waals surface area contributed by atoms with Crippen molar-refractivity contribution in [3.8, 4) is 0 Å². The van der Waals surface area contributed by atoms with Gasteiger partial charge in [-0.05, 0) is 55.2 Å². The van der Waals surface area contributed by atoms with Crippen LogP contribution < -0.4 is 10.6 Å². The number of carbonyl (C=O) groups excluding carboxylic acids is 2. The van der Waals surface area contributed by atoms with Crippen LogP contribution in [0.3, 0.4) is 0 Å². The highest BCUT2D eigenvalue weighted by Gasteiger charge is 2.51. The Kier molecular flexibility index (Phi) is 3.31. The fraction of sp³-hybridized carbons (Fsp3) is 0.238. The van der Waals surface area contributed by atoms with E-state index < -0.39 is 5.41 Å². The van der Waals surface area contributed by atoms with Crippen LogP contribution in [-0.2, 0) is 23.1 Å². The van der Waals surface area contributed by atoms with Crippen molar-refractivity contribution in [1.82, 2.24) is 15.3 Å². The summed E-state index contributed by atoms with van der Waals surface area (Å²) >= 11 is 0. The normalized spacial score (nSPS) is 19.8. The Morgan fingerprint density at radius 3 is 2.85 bits per heavy atom. The molecule has 5 rings (SSSR count). The van der Waals surface area contributed by atoms with Crippen LogP contribution in [0.25, 0.3) is 10.9 Å². The first-order valence-corrected chi connectivity index (χ1v) is 9.07. The third-order valence-corrected chi connectivity index (χ3v) is 5.58. The van der Waals surface area contributed by atoms with Crippen LogP contribution in [0.5, 0.6) is 0 Å². The van der Waals surface area contributed by atoms with Crippen molar-refractivity contribution in [2.75, 3.05) is 11.9 Å². The zero-order chi connectivity index (χ0) is 18.6. The van der Waals surface area contributed by atoms with E-state index >= 15 is 0 Å². The van der Waals surface area contributed by atoms with E-state index in [2.05, 4.69) is 26.7 Å². The second-order valence-electron chi connectivity index (χ2n) is 7.19. The van der Waals surface area contributed by atoms with Crippen molar-refractivity contribution in [3.05, 3.63) is 65.0 Å². The Bertz CT molecular complexity index is 1120. The van der Waals surface area contributed by atoms with Gasteiger partial charge in [-0.2, -0.15) is 0 Å². The molecular weight excluding hydrogens is 340 g/mol. The van der Waals surface area contributed by atoms with Crippen molar-refractivity contribution in [2.24, 2.45) is 0 Å². The number of carbonyl (C=O) groups is 2. The molecule has 2 N–H and O–H groups in total. The summed E-state index contributed by atoms with van der Waals surface area (Å²) in [5.74, 6) is 0.544. The third-order valence-electron chi connectivity index (χ3n) is 5.58. The van der Waals surface area contributed by atoms with Crippen molar-refractivity contribution in [1.29, 1.82) is 0 Å². The molecule has 0 radical (unpaired) electrons. The average Bonchev–Trinajstić information content (AvgIpc) is 3.17. The zero-order valence-electron chi connectivity index (χ0n) is 14.9. The molecule has 0 saturated carbocycles. The standard InChI is InChI=1S/C21H18N4O2/c1-2-22-19(26)15-7-12-6-13-9-21(10-14(13)8-17(12)24-11-15)16-4-3-5-23-18(16)25-20(21)27/h3-8,11H,2,9-10H2,1H3,(H,22,26)(H,23,25,27). The molecule has 2 aromatic heterocycles. The maximum absolute atomic E-state index is 12.8. The Balaban J connectivity index is 1.58. The van der Waals surface area contributed by atoms with Crippen LogP contribution in [0.4, 0.5) is 5.82 Å². The van der Waals surface area contributed by atoms with E-state index in [0.29, 0.717) is 30.8 Å². The predicted molar refractivity (Wildman–Crippen MR) is 102 cm³/mol. The molecule has 0 fully saturated rings. The van der Waals surface area contributed by atoms with Gasteiger partial charge in [0.2, 0.25) is 5.91 Å². The summed E-state index contributed by atoms with van der Waals surface area (Å²) in [4.78, 5) is 33.7. The van der Waals surface area contributed by atoms with Gasteiger partial charge in [-0.3, -0.25) is 14.6 Å². The van der Waals surface area contributed by atoms with E-state index in [0.717, 1.165) is 27.6 Å². The van der Waals surface area contributed by atoms with Gasteiger partial charge in [0.25, 0.3) is 5.91 Å². The number of rotatable bonds is 2. The SMILES string of the molecule is CCNC(=O)c1cnc2cc3c(cc2c1)CC1(C3)C(=O)Nc2ncccc21. The second-order valence-corrected chi connectivity index (χ2v) is 7.19. The molecule has 1 unspecified atom stereocenters. The highest BCUT2D eigenvalue weighted by molar-refractivity contribution is 6.06. The first-order valence-electron chi connectivity index (χ1n) is 9.07. The fourth-order valence-corrected chi connectivity index (χ4v) is 4.29. The summed E-state index contributed by atoms with van der Waals surface area (Å²) in [6, 6.07) is 9.83. The third kappa shape index (κ3) is 2.26. The minimum absolute atomic E-state index is 0.00688. The Labute approximate surface area is 156 Å².